The number of piperidine rings is 1. The Kier molecular flexibility index (Phi) is 4.52. The van der Waals surface area contributed by atoms with E-state index in [4.69, 9.17) is 5.73 Å². The zero-order valence-corrected chi connectivity index (χ0v) is 11.7. The number of amides is 1. The minimum Gasteiger partial charge on any atom is -0.341 e. The standard InChI is InChI=1S/C13H23N5O/c1-3-11(14)12-8-18(16-15-12)9-13(19)17-6-4-5-10(2)7-17/h8,10-11H,3-7,9,14H2,1-2H3. The number of likely N-dealkylation sites (tertiary alicyclic amines) is 1. The van der Waals surface area contributed by atoms with Gasteiger partial charge in [0, 0.05) is 13.1 Å². The lowest BCUT2D eigenvalue weighted by molar-refractivity contribution is -0.133. The number of hydrogen-bond donors (Lipinski definition) is 1. The Hall–Kier alpha value is -1.43. The SMILES string of the molecule is CCC(N)c1cn(CC(=O)N2CCCC(C)C2)nn1. The minimum atomic E-state index is -0.0983. The number of hydrogen-bond acceptors (Lipinski definition) is 4. The Morgan fingerprint density at radius 2 is 2.42 bits per heavy atom. The normalized spacial score (nSPS) is 21.4. The van der Waals surface area contributed by atoms with Crippen molar-refractivity contribution in [3.63, 3.8) is 0 Å². The summed E-state index contributed by atoms with van der Waals surface area (Å²) in [5.74, 6) is 0.714. The maximum Gasteiger partial charge on any atom is 0.244 e. The predicted molar refractivity (Wildman–Crippen MR) is 72.2 cm³/mol. The highest BCUT2D eigenvalue weighted by atomic mass is 16.2. The third-order valence-corrected chi connectivity index (χ3v) is 3.68. The third kappa shape index (κ3) is 3.53. The largest absolute Gasteiger partial charge is 0.341 e. The summed E-state index contributed by atoms with van der Waals surface area (Å²) in [6.07, 6.45) is 4.90. The van der Waals surface area contributed by atoms with Crippen LogP contribution in [0.15, 0.2) is 6.20 Å². The highest BCUT2D eigenvalue weighted by Crippen LogP contribution is 2.16. The maximum atomic E-state index is 12.2. The van der Waals surface area contributed by atoms with E-state index < -0.39 is 0 Å². The molecule has 0 spiro atoms. The summed E-state index contributed by atoms with van der Waals surface area (Å²) >= 11 is 0. The summed E-state index contributed by atoms with van der Waals surface area (Å²) in [5, 5.41) is 8.00. The van der Waals surface area contributed by atoms with Crippen LogP contribution in [0.5, 0.6) is 0 Å². The van der Waals surface area contributed by atoms with Crippen molar-refractivity contribution in [2.24, 2.45) is 11.7 Å². The first kappa shape index (κ1) is 14.0. The summed E-state index contributed by atoms with van der Waals surface area (Å²) in [6, 6.07) is -0.0983. The smallest absolute Gasteiger partial charge is 0.244 e. The lowest BCUT2D eigenvalue weighted by Gasteiger charge is -2.30. The van der Waals surface area contributed by atoms with Crippen molar-refractivity contribution in [3.05, 3.63) is 11.9 Å². The van der Waals surface area contributed by atoms with E-state index in [2.05, 4.69) is 17.2 Å². The molecule has 1 aliphatic heterocycles. The van der Waals surface area contributed by atoms with Crippen LogP contribution < -0.4 is 5.73 Å². The van der Waals surface area contributed by atoms with Crippen LogP contribution in [0.25, 0.3) is 0 Å². The van der Waals surface area contributed by atoms with Crippen molar-refractivity contribution in [2.75, 3.05) is 13.1 Å². The van der Waals surface area contributed by atoms with Crippen molar-refractivity contribution in [1.29, 1.82) is 0 Å². The quantitative estimate of drug-likeness (QED) is 0.879. The molecule has 1 aromatic heterocycles. The molecule has 0 aliphatic carbocycles. The van der Waals surface area contributed by atoms with Gasteiger partial charge < -0.3 is 10.6 Å². The van der Waals surface area contributed by atoms with E-state index in [1.165, 1.54) is 6.42 Å². The van der Waals surface area contributed by atoms with Gasteiger partial charge in [-0.1, -0.05) is 19.1 Å². The van der Waals surface area contributed by atoms with E-state index in [1.807, 2.05) is 11.8 Å². The average Bonchev–Trinajstić information content (AvgIpc) is 2.86. The van der Waals surface area contributed by atoms with E-state index in [-0.39, 0.29) is 18.5 Å². The van der Waals surface area contributed by atoms with E-state index in [0.29, 0.717) is 5.92 Å². The molecule has 0 bridgehead atoms. The lowest BCUT2D eigenvalue weighted by Crippen LogP contribution is -2.40. The van der Waals surface area contributed by atoms with E-state index >= 15 is 0 Å². The average molecular weight is 265 g/mol. The molecule has 1 saturated heterocycles. The summed E-state index contributed by atoms with van der Waals surface area (Å²) in [7, 11) is 0. The van der Waals surface area contributed by atoms with Gasteiger partial charge in [-0.15, -0.1) is 5.10 Å². The van der Waals surface area contributed by atoms with Crippen LogP contribution in [0.4, 0.5) is 0 Å². The van der Waals surface area contributed by atoms with E-state index in [0.717, 1.165) is 31.6 Å². The molecule has 0 saturated carbocycles. The van der Waals surface area contributed by atoms with Crippen LogP contribution in [0.2, 0.25) is 0 Å². The number of nitrogens with two attached hydrogens (primary N) is 1. The predicted octanol–water partition coefficient (Wildman–Crippen LogP) is 0.946. The van der Waals surface area contributed by atoms with Crippen LogP contribution in [0.3, 0.4) is 0 Å². The second kappa shape index (κ2) is 6.14. The number of carbonyl (C=O) groups is 1. The summed E-state index contributed by atoms with van der Waals surface area (Å²) in [4.78, 5) is 14.1. The van der Waals surface area contributed by atoms with Crippen molar-refractivity contribution in [1.82, 2.24) is 19.9 Å². The molecule has 6 nitrogen and oxygen atoms in total. The summed E-state index contributed by atoms with van der Waals surface area (Å²) in [6.45, 7) is 6.17. The molecule has 0 aromatic carbocycles. The van der Waals surface area contributed by atoms with Gasteiger partial charge in [0.25, 0.3) is 0 Å². The topological polar surface area (TPSA) is 77.0 Å². The van der Waals surface area contributed by atoms with Crippen LogP contribution in [0, 0.1) is 5.92 Å². The van der Waals surface area contributed by atoms with Crippen molar-refractivity contribution >= 4 is 5.91 Å². The highest BCUT2D eigenvalue weighted by Gasteiger charge is 2.21. The van der Waals surface area contributed by atoms with Crippen molar-refractivity contribution in [3.8, 4) is 0 Å². The van der Waals surface area contributed by atoms with Gasteiger partial charge in [0.05, 0.1) is 17.9 Å². The lowest BCUT2D eigenvalue weighted by atomic mass is 10.0. The van der Waals surface area contributed by atoms with Crippen LogP contribution in [-0.2, 0) is 11.3 Å². The fourth-order valence-corrected chi connectivity index (χ4v) is 2.42. The number of rotatable bonds is 4. The first-order valence-electron chi connectivity index (χ1n) is 7.03. The molecule has 1 aliphatic rings. The molecule has 0 radical (unpaired) electrons. The van der Waals surface area contributed by atoms with Gasteiger partial charge in [-0.25, -0.2) is 4.68 Å². The fraction of sp³-hybridized carbons (Fsp3) is 0.769. The summed E-state index contributed by atoms with van der Waals surface area (Å²) in [5.41, 5.74) is 6.64. The third-order valence-electron chi connectivity index (χ3n) is 3.68. The molecule has 1 fully saturated rings. The molecular weight excluding hydrogens is 242 g/mol. The molecular formula is C13H23N5O. The summed E-state index contributed by atoms with van der Waals surface area (Å²) < 4.78 is 1.59. The van der Waals surface area contributed by atoms with Gasteiger partial charge in [-0.3, -0.25) is 4.79 Å². The number of aromatic nitrogens is 3. The van der Waals surface area contributed by atoms with Gasteiger partial charge in [0.2, 0.25) is 5.91 Å². The zero-order valence-electron chi connectivity index (χ0n) is 11.7. The molecule has 6 heteroatoms. The van der Waals surface area contributed by atoms with Gasteiger partial charge in [-0.2, -0.15) is 0 Å². The van der Waals surface area contributed by atoms with Crippen molar-refractivity contribution < 1.29 is 4.79 Å². The second-order valence-electron chi connectivity index (χ2n) is 5.44. The molecule has 2 unspecified atom stereocenters. The Morgan fingerprint density at radius 1 is 1.63 bits per heavy atom. The Morgan fingerprint density at radius 3 is 3.11 bits per heavy atom. The number of carbonyl (C=O) groups excluding carboxylic acids is 1. The van der Waals surface area contributed by atoms with Crippen LogP contribution in [0.1, 0.15) is 44.8 Å². The van der Waals surface area contributed by atoms with Gasteiger partial charge in [0.1, 0.15) is 6.54 Å². The molecule has 106 valence electrons. The molecule has 1 amide bonds. The van der Waals surface area contributed by atoms with Gasteiger partial charge in [-0.05, 0) is 25.2 Å². The molecule has 1 aromatic rings. The van der Waals surface area contributed by atoms with Gasteiger partial charge >= 0.3 is 0 Å². The molecule has 19 heavy (non-hydrogen) atoms. The Bertz CT molecular complexity index is 430. The minimum absolute atomic E-state index is 0.0983. The molecule has 2 N–H and O–H groups in total. The maximum absolute atomic E-state index is 12.2. The monoisotopic (exact) mass is 265 g/mol. The first-order chi connectivity index (χ1) is 9.10. The van der Waals surface area contributed by atoms with Crippen LogP contribution >= 0.6 is 0 Å². The van der Waals surface area contributed by atoms with E-state index in [9.17, 15) is 4.79 Å². The Labute approximate surface area is 113 Å². The second-order valence-corrected chi connectivity index (χ2v) is 5.44. The van der Waals surface area contributed by atoms with E-state index in [1.54, 1.807) is 10.9 Å². The fourth-order valence-electron chi connectivity index (χ4n) is 2.42. The Balaban J connectivity index is 1.93. The highest BCUT2D eigenvalue weighted by molar-refractivity contribution is 5.76. The number of nitrogens with zero attached hydrogens (tertiary/aromatic N) is 4. The van der Waals surface area contributed by atoms with Crippen LogP contribution in [-0.4, -0.2) is 38.9 Å². The molecule has 2 atom stereocenters. The first-order valence-corrected chi connectivity index (χ1v) is 7.03. The van der Waals surface area contributed by atoms with Crippen molar-refractivity contribution in [2.45, 2.75) is 45.7 Å². The molecule has 2 heterocycles. The molecule has 2 rings (SSSR count). The zero-order chi connectivity index (χ0) is 13.8. The van der Waals surface area contributed by atoms with Gasteiger partial charge in [0.15, 0.2) is 0 Å².